The minimum absolute atomic E-state index is 0.903. The molecule has 0 aliphatic heterocycles. The molecule has 1 heterocycles. The lowest BCUT2D eigenvalue weighted by Gasteiger charge is -2.27. The van der Waals surface area contributed by atoms with Crippen LogP contribution < -0.4 is 4.90 Å². The molecular weight excluding hydrogens is 655 g/mol. The van der Waals surface area contributed by atoms with Gasteiger partial charge < -0.3 is 9.32 Å². The SMILES string of the molecule is c1ccc2c(N(c3ccc(-c4ccc5c(ccc6ccccc65)c4)cc3)c3ccc(-c4cccc5oc6c7ccccc7ccc6c45)cc3)cccc2c1. The molecule has 2 nitrogen and oxygen atoms in total. The molecule has 0 bridgehead atoms. The van der Waals surface area contributed by atoms with Crippen LogP contribution in [0.1, 0.15) is 0 Å². The molecule has 0 saturated heterocycles. The molecule has 0 unspecified atom stereocenters. The predicted molar refractivity (Wildman–Crippen MR) is 229 cm³/mol. The van der Waals surface area contributed by atoms with Gasteiger partial charge in [0.15, 0.2) is 0 Å². The van der Waals surface area contributed by atoms with Gasteiger partial charge in [0.25, 0.3) is 0 Å². The van der Waals surface area contributed by atoms with E-state index in [2.05, 4.69) is 205 Å². The van der Waals surface area contributed by atoms with Gasteiger partial charge >= 0.3 is 0 Å². The van der Waals surface area contributed by atoms with Crippen molar-refractivity contribution in [3.8, 4) is 22.3 Å². The van der Waals surface area contributed by atoms with Gasteiger partial charge in [-0.1, -0.05) is 152 Å². The molecule has 11 rings (SSSR count). The molecule has 0 atom stereocenters. The number of hydrogen-bond donors (Lipinski definition) is 0. The molecule has 0 aliphatic rings. The molecule has 0 N–H and O–H groups in total. The Morgan fingerprint density at radius 2 is 0.870 bits per heavy atom. The van der Waals surface area contributed by atoms with Gasteiger partial charge in [0.05, 0.1) is 5.69 Å². The van der Waals surface area contributed by atoms with Crippen molar-refractivity contribution in [1.82, 2.24) is 0 Å². The summed E-state index contributed by atoms with van der Waals surface area (Å²) in [5.41, 5.74) is 9.89. The van der Waals surface area contributed by atoms with E-state index in [1.165, 1.54) is 48.8 Å². The summed E-state index contributed by atoms with van der Waals surface area (Å²) in [6, 6.07) is 72.3. The molecule has 54 heavy (non-hydrogen) atoms. The van der Waals surface area contributed by atoms with E-state index < -0.39 is 0 Å². The predicted octanol–water partition coefficient (Wildman–Crippen LogP) is 15.0. The van der Waals surface area contributed by atoms with Gasteiger partial charge in [-0.15, -0.1) is 0 Å². The molecular formula is C52H33NO. The maximum absolute atomic E-state index is 6.52. The fraction of sp³-hybridized carbons (Fsp3) is 0. The van der Waals surface area contributed by atoms with Gasteiger partial charge in [0.1, 0.15) is 11.2 Å². The maximum Gasteiger partial charge on any atom is 0.143 e. The summed E-state index contributed by atoms with van der Waals surface area (Å²) >= 11 is 0. The van der Waals surface area contributed by atoms with Gasteiger partial charge in [0.2, 0.25) is 0 Å². The monoisotopic (exact) mass is 687 g/mol. The second-order valence-electron chi connectivity index (χ2n) is 14.1. The highest BCUT2D eigenvalue weighted by Crippen LogP contribution is 2.43. The summed E-state index contributed by atoms with van der Waals surface area (Å²) in [5.74, 6) is 0. The van der Waals surface area contributed by atoms with Crippen molar-refractivity contribution in [2.24, 2.45) is 0 Å². The van der Waals surface area contributed by atoms with Crippen molar-refractivity contribution in [1.29, 1.82) is 0 Å². The average Bonchev–Trinajstić information content (AvgIpc) is 3.64. The topological polar surface area (TPSA) is 16.4 Å². The normalized spacial score (nSPS) is 11.7. The molecule has 0 amide bonds. The van der Waals surface area contributed by atoms with Gasteiger partial charge in [-0.05, 0) is 103 Å². The van der Waals surface area contributed by atoms with Gasteiger partial charge in [0, 0.05) is 32.9 Å². The highest BCUT2D eigenvalue weighted by Gasteiger charge is 2.18. The minimum atomic E-state index is 0.903. The van der Waals surface area contributed by atoms with Crippen LogP contribution in [-0.4, -0.2) is 0 Å². The van der Waals surface area contributed by atoms with Crippen LogP contribution in [-0.2, 0) is 0 Å². The third-order valence-electron chi connectivity index (χ3n) is 11.0. The molecule has 1 aromatic heterocycles. The van der Waals surface area contributed by atoms with Crippen molar-refractivity contribution < 1.29 is 4.42 Å². The lowest BCUT2D eigenvalue weighted by atomic mass is 9.97. The summed E-state index contributed by atoms with van der Waals surface area (Å²) in [5, 5.41) is 12.1. The van der Waals surface area contributed by atoms with Crippen molar-refractivity contribution in [2.75, 3.05) is 4.90 Å². The zero-order valence-electron chi connectivity index (χ0n) is 29.4. The summed E-state index contributed by atoms with van der Waals surface area (Å²) in [7, 11) is 0. The zero-order chi connectivity index (χ0) is 35.6. The molecule has 10 aromatic carbocycles. The van der Waals surface area contributed by atoms with Crippen molar-refractivity contribution in [3.05, 3.63) is 200 Å². The first-order valence-electron chi connectivity index (χ1n) is 18.5. The number of benzene rings is 10. The Balaban J connectivity index is 1.01. The lowest BCUT2D eigenvalue weighted by Crippen LogP contribution is -2.10. The summed E-state index contributed by atoms with van der Waals surface area (Å²) in [4.78, 5) is 2.38. The molecule has 0 radical (unpaired) electrons. The molecule has 11 aromatic rings. The van der Waals surface area contributed by atoms with E-state index in [-0.39, 0.29) is 0 Å². The largest absolute Gasteiger partial charge is 0.455 e. The second-order valence-corrected chi connectivity index (χ2v) is 14.1. The van der Waals surface area contributed by atoms with Crippen LogP contribution in [0.4, 0.5) is 17.1 Å². The van der Waals surface area contributed by atoms with E-state index in [0.717, 1.165) is 55.5 Å². The second kappa shape index (κ2) is 12.2. The third-order valence-corrected chi connectivity index (χ3v) is 11.0. The Morgan fingerprint density at radius 3 is 1.65 bits per heavy atom. The van der Waals surface area contributed by atoms with Crippen molar-refractivity contribution in [2.45, 2.75) is 0 Å². The summed E-state index contributed by atoms with van der Waals surface area (Å²) in [6.45, 7) is 0. The smallest absolute Gasteiger partial charge is 0.143 e. The summed E-state index contributed by atoms with van der Waals surface area (Å²) in [6.07, 6.45) is 0. The zero-order valence-corrected chi connectivity index (χ0v) is 29.4. The number of hydrogen-bond acceptors (Lipinski definition) is 2. The quantitative estimate of drug-likeness (QED) is 0.168. The van der Waals surface area contributed by atoms with E-state index in [1.54, 1.807) is 0 Å². The molecule has 2 heteroatoms. The number of furan rings is 1. The van der Waals surface area contributed by atoms with Crippen molar-refractivity contribution in [3.63, 3.8) is 0 Å². The van der Waals surface area contributed by atoms with E-state index in [9.17, 15) is 0 Å². The van der Waals surface area contributed by atoms with Crippen molar-refractivity contribution >= 4 is 82.1 Å². The van der Waals surface area contributed by atoms with E-state index in [4.69, 9.17) is 4.42 Å². The number of fused-ring (bicyclic) bond motifs is 9. The lowest BCUT2D eigenvalue weighted by molar-refractivity contribution is 0.673. The Hall–Kier alpha value is -7.16. The highest BCUT2D eigenvalue weighted by atomic mass is 16.3. The Morgan fingerprint density at radius 1 is 0.333 bits per heavy atom. The minimum Gasteiger partial charge on any atom is -0.455 e. The van der Waals surface area contributed by atoms with E-state index >= 15 is 0 Å². The van der Waals surface area contributed by atoms with Crippen LogP contribution in [0.2, 0.25) is 0 Å². The van der Waals surface area contributed by atoms with Crippen LogP contribution in [0, 0.1) is 0 Å². The Kier molecular flexibility index (Phi) is 6.90. The van der Waals surface area contributed by atoms with Crippen LogP contribution in [0.15, 0.2) is 205 Å². The first-order valence-corrected chi connectivity index (χ1v) is 18.5. The van der Waals surface area contributed by atoms with E-state index in [1.807, 2.05) is 0 Å². The molecule has 252 valence electrons. The van der Waals surface area contributed by atoms with Crippen LogP contribution >= 0.6 is 0 Å². The van der Waals surface area contributed by atoms with Crippen LogP contribution in [0.3, 0.4) is 0 Å². The molecule has 0 spiro atoms. The molecule has 0 fully saturated rings. The number of rotatable bonds is 5. The first-order chi connectivity index (χ1) is 26.8. The van der Waals surface area contributed by atoms with Gasteiger partial charge in [-0.3, -0.25) is 0 Å². The highest BCUT2D eigenvalue weighted by molar-refractivity contribution is 6.19. The third kappa shape index (κ3) is 4.88. The Bertz CT molecular complexity index is 3200. The number of nitrogens with zero attached hydrogens (tertiary/aromatic N) is 1. The average molecular weight is 688 g/mol. The fourth-order valence-electron chi connectivity index (χ4n) is 8.41. The maximum atomic E-state index is 6.52. The van der Waals surface area contributed by atoms with Crippen LogP contribution in [0.5, 0.6) is 0 Å². The Labute approximate surface area is 312 Å². The standard InChI is InChI=1S/C52H33NO/c1-4-13-43-36(10-1)19-20-40-33-39(26-31-44(40)43)34-21-27-41(28-22-34)53(49-17-7-12-35-9-2-5-14-45(35)49)42-29-23-38(24-30-42)46-16-8-18-50-51(46)48-32-25-37-11-3-6-15-47(37)52(48)54-50/h1-33H. The first kappa shape index (κ1) is 30.5. The molecule has 0 saturated carbocycles. The van der Waals surface area contributed by atoms with Gasteiger partial charge in [-0.2, -0.15) is 0 Å². The fourth-order valence-corrected chi connectivity index (χ4v) is 8.41. The van der Waals surface area contributed by atoms with E-state index in [0.29, 0.717) is 0 Å². The van der Waals surface area contributed by atoms with Crippen LogP contribution in [0.25, 0.3) is 87.3 Å². The molecule has 0 aliphatic carbocycles. The summed E-state index contributed by atoms with van der Waals surface area (Å²) < 4.78 is 6.52. The number of anilines is 3. The van der Waals surface area contributed by atoms with Gasteiger partial charge in [-0.25, -0.2) is 0 Å².